The second-order valence-electron chi connectivity index (χ2n) is 7.39. The van der Waals surface area contributed by atoms with Crippen LogP contribution < -0.4 is 5.32 Å². The molecule has 1 aliphatic rings. The summed E-state index contributed by atoms with van der Waals surface area (Å²) in [7, 11) is 0. The largest absolute Gasteiger partial charge is 0.374 e. The molecule has 1 heterocycles. The van der Waals surface area contributed by atoms with Gasteiger partial charge in [-0.3, -0.25) is 4.79 Å². The van der Waals surface area contributed by atoms with E-state index in [4.69, 9.17) is 0 Å². The number of carbonyl (C=O) groups excluding carboxylic acids is 1. The molecule has 3 nitrogen and oxygen atoms in total. The summed E-state index contributed by atoms with van der Waals surface area (Å²) in [5, 5.41) is 3.09. The highest BCUT2D eigenvalue weighted by molar-refractivity contribution is 5.79. The lowest BCUT2D eigenvalue weighted by molar-refractivity contribution is -0.124. The van der Waals surface area contributed by atoms with E-state index < -0.39 is 0 Å². The number of unbranched alkanes of at least 4 members (excludes halogenated alkanes) is 9. The highest BCUT2D eigenvalue weighted by atomic mass is 16.1. The Morgan fingerprint density at radius 3 is 2.25 bits per heavy atom. The van der Waals surface area contributed by atoms with Gasteiger partial charge < -0.3 is 10.2 Å². The summed E-state index contributed by atoms with van der Waals surface area (Å²) >= 11 is 0. The van der Waals surface area contributed by atoms with E-state index in [9.17, 15) is 4.79 Å². The highest BCUT2D eigenvalue weighted by Gasteiger charge is 2.29. The van der Waals surface area contributed by atoms with Gasteiger partial charge in [-0.05, 0) is 19.3 Å². The lowest BCUT2D eigenvalue weighted by atomic mass is 10.1. The molecule has 1 fully saturated rings. The Morgan fingerprint density at radius 1 is 1.00 bits per heavy atom. The molecule has 1 N–H and O–H groups in total. The van der Waals surface area contributed by atoms with E-state index in [-0.39, 0.29) is 11.8 Å². The van der Waals surface area contributed by atoms with E-state index in [0.717, 1.165) is 38.2 Å². The Balaban J connectivity index is 2.08. The van der Waals surface area contributed by atoms with Crippen molar-refractivity contribution < 1.29 is 4.79 Å². The number of hydrogen-bond acceptors (Lipinski definition) is 2. The minimum atomic E-state index is 0.119. The molecule has 1 saturated heterocycles. The first-order valence-corrected chi connectivity index (χ1v) is 10.4. The van der Waals surface area contributed by atoms with Gasteiger partial charge in [0, 0.05) is 25.3 Å². The quantitative estimate of drug-likeness (QED) is 0.438. The normalized spacial score (nSPS) is 17.5. The molecule has 0 bridgehead atoms. The molecule has 24 heavy (non-hydrogen) atoms. The molecule has 1 rings (SSSR count). The lowest BCUT2D eigenvalue weighted by Crippen LogP contribution is -2.33. The number of hydrogen-bond donors (Lipinski definition) is 1. The van der Waals surface area contributed by atoms with Gasteiger partial charge >= 0.3 is 0 Å². The Morgan fingerprint density at radius 2 is 1.58 bits per heavy atom. The number of allylic oxidation sites excluding steroid dienone is 1. The number of amides is 1. The standard InChI is InChI=1S/C21H40N2O/c1-4-6-8-9-10-11-12-14-16-23-18-20(17-19(23)3)21(24)22-15-13-7-5-2/h20H,3-18H2,1-2H3,(H,22,24). The average molecular weight is 337 g/mol. The topological polar surface area (TPSA) is 32.3 Å². The Bertz CT molecular complexity index is 354. The second-order valence-corrected chi connectivity index (χ2v) is 7.39. The van der Waals surface area contributed by atoms with Crippen molar-refractivity contribution in [2.75, 3.05) is 19.6 Å². The van der Waals surface area contributed by atoms with Crippen LogP contribution in [0.2, 0.25) is 0 Å². The van der Waals surface area contributed by atoms with Crippen LogP contribution >= 0.6 is 0 Å². The van der Waals surface area contributed by atoms with Gasteiger partial charge in [0.1, 0.15) is 0 Å². The lowest BCUT2D eigenvalue weighted by Gasteiger charge is -2.19. The van der Waals surface area contributed by atoms with Crippen LogP contribution in [0.1, 0.15) is 90.9 Å². The predicted octanol–water partition coefficient (Wildman–Crippen LogP) is 5.27. The van der Waals surface area contributed by atoms with Crippen molar-refractivity contribution in [3.8, 4) is 0 Å². The monoisotopic (exact) mass is 336 g/mol. The van der Waals surface area contributed by atoms with E-state index in [0.29, 0.717) is 0 Å². The summed E-state index contributed by atoms with van der Waals surface area (Å²) in [5.41, 5.74) is 1.16. The zero-order valence-corrected chi connectivity index (χ0v) is 16.2. The molecule has 140 valence electrons. The van der Waals surface area contributed by atoms with Crippen molar-refractivity contribution in [3.63, 3.8) is 0 Å². The van der Waals surface area contributed by atoms with Gasteiger partial charge in [0.25, 0.3) is 0 Å². The molecule has 0 aromatic rings. The molecule has 1 aliphatic heterocycles. The van der Waals surface area contributed by atoms with E-state index >= 15 is 0 Å². The van der Waals surface area contributed by atoms with Crippen molar-refractivity contribution in [2.24, 2.45) is 5.92 Å². The molecule has 0 saturated carbocycles. The zero-order chi connectivity index (χ0) is 17.6. The van der Waals surface area contributed by atoms with Crippen LogP contribution in [-0.4, -0.2) is 30.4 Å². The number of nitrogens with zero attached hydrogens (tertiary/aromatic N) is 1. The minimum Gasteiger partial charge on any atom is -0.374 e. The van der Waals surface area contributed by atoms with Crippen molar-refractivity contribution in [1.29, 1.82) is 0 Å². The van der Waals surface area contributed by atoms with Crippen LogP contribution in [-0.2, 0) is 4.79 Å². The maximum Gasteiger partial charge on any atom is 0.225 e. The molecule has 1 unspecified atom stereocenters. The van der Waals surface area contributed by atoms with E-state index in [1.807, 2.05) is 0 Å². The predicted molar refractivity (Wildman–Crippen MR) is 104 cm³/mol. The molecule has 0 aliphatic carbocycles. The molecular formula is C21H40N2O. The fourth-order valence-electron chi connectivity index (χ4n) is 3.47. The third kappa shape index (κ3) is 8.75. The molecular weight excluding hydrogens is 296 g/mol. The van der Waals surface area contributed by atoms with E-state index in [2.05, 4.69) is 30.6 Å². The maximum atomic E-state index is 12.2. The van der Waals surface area contributed by atoms with E-state index in [1.54, 1.807) is 0 Å². The molecule has 3 heteroatoms. The second kappa shape index (κ2) is 13.3. The first-order valence-electron chi connectivity index (χ1n) is 10.4. The van der Waals surface area contributed by atoms with Crippen molar-refractivity contribution in [2.45, 2.75) is 90.9 Å². The third-order valence-corrected chi connectivity index (χ3v) is 5.10. The number of rotatable bonds is 14. The average Bonchev–Trinajstić information content (AvgIpc) is 2.95. The fourth-order valence-corrected chi connectivity index (χ4v) is 3.47. The van der Waals surface area contributed by atoms with Crippen LogP contribution in [0.15, 0.2) is 12.3 Å². The van der Waals surface area contributed by atoms with Gasteiger partial charge in [-0.1, -0.05) is 78.2 Å². The number of likely N-dealkylation sites (tertiary alicyclic amines) is 1. The van der Waals surface area contributed by atoms with Crippen LogP contribution in [0.3, 0.4) is 0 Å². The number of nitrogens with one attached hydrogen (secondary N) is 1. The van der Waals surface area contributed by atoms with Gasteiger partial charge in [-0.25, -0.2) is 0 Å². The first kappa shape index (κ1) is 21.1. The smallest absolute Gasteiger partial charge is 0.225 e. The zero-order valence-electron chi connectivity index (χ0n) is 16.2. The van der Waals surface area contributed by atoms with Crippen molar-refractivity contribution in [1.82, 2.24) is 10.2 Å². The summed E-state index contributed by atoms with van der Waals surface area (Å²) in [6.07, 6.45) is 15.1. The maximum absolute atomic E-state index is 12.2. The van der Waals surface area contributed by atoms with Crippen LogP contribution in [0, 0.1) is 5.92 Å². The Hall–Kier alpha value is -0.990. The Labute approximate surface area is 150 Å². The molecule has 0 aromatic heterocycles. The fraction of sp³-hybridized carbons (Fsp3) is 0.857. The van der Waals surface area contributed by atoms with Gasteiger partial charge in [0.15, 0.2) is 0 Å². The summed E-state index contributed by atoms with van der Waals surface area (Å²) in [5.74, 6) is 0.346. The molecule has 0 spiro atoms. The molecule has 0 radical (unpaired) electrons. The Kier molecular flexibility index (Phi) is 11.7. The minimum absolute atomic E-state index is 0.119. The van der Waals surface area contributed by atoms with Crippen LogP contribution in [0.5, 0.6) is 0 Å². The highest BCUT2D eigenvalue weighted by Crippen LogP contribution is 2.25. The van der Waals surface area contributed by atoms with Crippen molar-refractivity contribution in [3.05, 3.63) is 12.3 Å². The number of carbonyl (C=O) groups is 1. The summed E-state index contributed by atoms with van der Waals surface area (Å²) in [6, 6.07) is 0. The van der Waals surface area contributed by atoms with E-state index in [1.165, 1.54) is 64.2 Å². The molecule has 1 amide bonds. The van der Waals surface area contributed by atoms with Gasteiger partial charge in [0.05, 0.1) is 5.92 Å². The van der Waals surface area contributed by atoms with Gasteiger partial charge in [0.2, 0.25) is 5.91 Å². The van der Waals surface area contributed by atoms with Crippen LogP contribution in [0.4, 0.5) is 0 Å². The SMILES string of the molecule is C=C1CC(C(=O)NCCCCC)CN1CCCCCCCCCC. The summed E-state index contributed by atoms with van der Waals surface area (Å²) in [4.78, 5) is 14.6. The molecule has 0 aromatic carbocycles. The summed E-state index contributed by atoms with van der Waals surface area (Å²) in [6.45, 7) is 11.4. The molecule has 1 atom stereocenters. The van der Waals surface area contributed by atoms with Gasteiger partial charge in [-0.15, -0.1) is 0 Å². The van der Waals surface area contributed by atoms with Gasteiger partial charge in [-0.2, -0.15) is 0 Å². The van der Waals surface area contributed by atoms with Crippen molar-refractivity contribution >= 4 is 5.91 Å². The third-order valence-electron chi connectivity index (χ3n) is 5.10. The van der Waals surface area contributed by atoms with Crippen LogP contribution in [0.25, 0.3) is 0 Å². The first-order chi connectivity index (χ1) is 11.7. The summed E-state index contributed by atoms with van der Waals surface area (Å²) < 4.78 is 0.